The minimum Gasteiger partial charge on any atom is -0.206 e. The van der Waals surface area contributed by atoms with Gasteiger partial charge in [-0.2, -0.15) is 0 Å². The largest absolute Gasteiger partial charge is 0.206 e. The van der Waals surface area contributed by atoms with E-state index in [4.69, 9.17) is 0 Å². The van der Waals surface area contributed by atoms with Crippen LogP contribution in [0.15, 0.2) is 267 Å². The molecule has 0 radical (unpaired) electrons. The summed E-state index contributed by atoms with van der Waals surface area (Å²) in [6, 6.07) is 90.9. The van der Waals surface area contributed by atoms with E-state index in [0.29, 0.717) is 22.3 Å². The molecule has 0 heterocycles. The lowest BCUT2D eigenvalue weighted by Crippen LogP contribution is -1.99. The summed E-state index contributed by atoms with van der Waals surface area (Å²) >= 11 is 3.47. The van der Waals surface area contributed by atoms with Crippen molar-refractivity contribution in [2.45, 2.75) is 207 Å². The van der Waals surface area contributed by atoms with Crippen molar-refractivity contribution in [2.24, 2.45) is 0 Å². The van der Waals surface area contributed by atoms with E-state index in [9.17, 15) is 4.39 Å². The Morgan fingerprint density at radius 2 is 0.360 bits per heavy atom. The maximum absolute atomic E-state index is 15.6. The smallest absolute Gasteiger partial charge is 0.131 e. The van der Waals surface area contributed by atoms with Crippen LogP contribution in [0.4, 0.5) is 17.6 Å². The normalized spacial score (nSPS) is 11.4. The third kappa shape index (κ3) is 26.7. The number of hydrogen-bond donors (Lipinski definition) is 0. The van der Waals surface area contributed by atoms with E-state index in [-0.39, 0.29) is 31.2 Å². The minimum absolute atomic E-state index is 0.120. The lowest BCUT2D eigenvalue weighted by molar-refractivity contribution is 0.631. The van der Waals surface area contributed by atoms with Crippen molar-refractivity contribution in [1.29, 1.82) is 0 Å². The van der Waals surface area contributed by atoms with Gasteiger partial charge in [0.2, 0.25) is 0 Å². The van der Waals surface area contributed by atoms with Gasteiger partial charge in [0.1, 0.15) is 23.3 Å². The molecule has 0 unspecified atom stereocenters. The summed E-state index contributed by atoms with van der Waals surface area (Å²) < 4.78 is 61.8. The number of unbranched alkanes of at least 4 members (excludes halogenated alkanes) is 12. The fraction of sp³-hybridized carbons (Fsp3) is 0.333. The van der Waals surface area contributed by atoms with E-state index in [1.807, 2.05) is 60.7 Å². The Labute approximate surface area is 691 Å². The monoisotopic (exact) mass is 1600 g/mol. The maximum atomic E-state index is 15.6. The molecule has 0 spiro atoms. The molecule has 0 aromatic heterocycles. The molecule has 0 aliphatic carbocycles. The summed E-state index contributed by atoms with van der Waals surface area (Å²) in [5.74, 6) is -0.724. The predicted molar refractivity (Wildman–Crippen MR) is 489 cm³/mol. The molecule has 114 heavy (non-hydrogen) atoms. The van der Waals surface area contributed by atoms with E-state index < -0.39 is 0 Å². The Bertz CT molecular complexity index is 4430. The van der Waals surface area contributed by atoms with Crippen LogP contribution in [0.1, 0.15) is 201 Å². The summed E-state index contributed by atoms with van der Waals surface area (Å²) in [4.78, 5) is 0. The van der Waals surface area contributed by atoms with Gasteiger partial charge in [0, 0.05) is 27.6 Å². The SMILES string of the molecule is CCCCCc1ccc(-c2ccc(-c3ccc(CCCCBr)cc3)c(F)c2)cc1.CCCCCc1ccc(-c2ccc(-c3ccc(CCCCP(CCCCc4ccc(-c5ccc(-c6ccc(CCCCC)cc6)cc5F)cc4)CCCCc4ccc(-c5ccc(-c6ccc(CCCCC)cc6)cc5F)cc4)cc3)c(F)c2)cc1. The first-order chi connectivity index (χ1) is 55.9. The number of rotatable bonds is 43. The van der Waals surface area contributed by atoms with Crippen LogP contribution in [0.3, 0.4) is 0 Å². The zero-order valence-corrected chi connectivity index (χ0v) is 70.8. The fourth-order valence-corrected chi connectivity index (χ4v) is 18.7. The number of alkyl halides is 1. The molecular weight excluding hydrogens is 1480 g/mol. The molecule has 12 rings (SSSR count). The molecule has 0 saturated carbocycles. The van der Waals surface area contributed by atoms with Gasteiger partial charge < -0.3 is 0 Å². The highest BCUT2D eigenvalue weighted by Gasteiger charge is 2.16. The molecule has 0 nitrogen and oxygen atoms in total. The highest BCUT2D eigenvalue weighted by atomic mass is 79.9. The highest BCUT2D eigenvalue weighted by molar-refractivity contribution is 9.09. The van der Waals surface area contributed by atoms with Gasteiger partial charge in [0.05, 0.1) is 0 Å². The molecule has 0 amide bonds. The lowest BCUT2D eigenvalue weighted by atomic mass is 9.97. The summed E-state index contributed by atoms with van der Waals surface area (Å²) in [7, 11) is -0.120. The quantitative estimate of drug-likeness (QED) is 0.0155. The number of benzene rings is 12. The molecule has 592 valence electrons. The average Bonchev–Trinajstić information content (AvgIpc) is 0.829. The lowest BCUT2D eigenvalue weighted by Gasteiger charge is -2.18. The Kier molecular flexibility index (Phi) is 35.3. The van der Waals surface area contributed by atoms with E-state index in [2.05, 4.69) is 226 Å². The minimum atomic E-state index is -0.186. The third-order valence-electron chi connectivity index (χ3n) is 22.8. The maximum Gasteiger partial charge on any atom is 0.131 e. The second-order valence-corrected chi connectivity index (χ2v) is 35.0. The van der Waals surface area contributed by atoms with E-state index >= 15 is 13.2 Å². The van der Waals surface area contributed by atoms with Gasteiger partial charge >= 0.3 is 0 Å². The molecule has 12 aromatic carbocycles. The summed E-state index contributed by atoms with van der Waals surface area (Å²) in [5, 5.41) is 1.05. The molecule has 0 N–H and O–H groups in total. The molecule has 0 bridgehead atoms. The molecule has 0 fully saturated rings. The molecule has 12 aromatic rings. The number of hydrogen-bond acceptors (Lipinski definition) is 0. The van der Waals surface area contributed by atoms with Gasteiger partial charge in [0.15, 0.2) is 0 Å². The second-order valence-electron chi connectivity index (χ2n) is 31.5. The van der Waals surface area contributed by atoms with Crippen LogP contribution in [-0.2, 0) is 51.4 Å². The van der Waals surface area contributed by atoms with Crippen LogP contribution in [0.25, 0.3) is 89.0 Å². The molecule has 0 saturated heterocycles. The van der Waals surface area contributed by atoms with E-state index in [1.165, 1.54) is 172 Å². The summed E-state index contributed by atoms with van der Waals surface area (Å²) in [6.07, 6.45) is 36.5. The Balaban J connectivity index is 0.000000369. The zero-order valence-electron chi connectivity index (χ0n) is 68.4. The fourth-order valence-electron chi connectivity index (χ4n) is 15.6. The van der Waals surface area contributed by atoms with Crippen LogP contribution in [-0.4, -0.2) is 23.8 Å². The topological polar surface area (TPSA) is 0 Å². The molecule has 0 aliphatic rings. The van der Waals surface area contributed by atoms with Crippen LogP contribution in [0.5, 0.6) is 0 Å². The number of halogens is 5. The average molecular weight is 1610 g/mol. The van der Waals surface area contributed by atoms with Crippen LogP contribution >= 0.6 is 23.9 Å². The van der Waals surface area contributed by atoms with Gasteiger partial charge in [-0.25, -0.2) is 17.6 Å². The van der Waals surface area contributed by atoms with Crippen molar-refractivity contribution in [3.63, 3.8) is 0 Å². The van der Waals surface area contributed by atoms with Crippen LogP contribution in [0.2, 0.25) is 0 Å². The Hall–Kier alpha value is -8.73. The zero-order chi connectivity index (χ0) is 79.5. The molecule has 0 aliphatic heterocycles. The van der Waals surface area contributed by atoms with Crippen molar-refractivity contribution >= 4 is 23.9 Å². The summed E-state index contributed by atoms with van der Waals surface area (Å²) in [6.45, 7) is 8.91. The van der Waals surface area contributed by atoms with E-state index in [0.717, 1.165) is 143 Å². The third-order valence-corrected chi connectivity index (χ3v) is 26.2. The Morgan fingerprint density at radius 3 is 0.535 bits per heavy atom. The summed E-state index contributed by atoms with van der Waals surface area (Å²) in [5.41, 5.74) is 24.7. The molecule has 0 atom stereocenters. The van der Waals surface area contributed by atoms with Crippen molar-refractivity contribution in [1.82, 2.24) is 0 Å². The standard InChI is InChI=1S/C81H90F3P.C27H30BrF/c1-4-7-10-19-61-25-37-67(38-26-61)73-49-52-76(79(82)58-73)70-43-31-64(32-44-70)22-13-16-55-85(56-17-14-23-65-33-45-71(46-34-65)77-53-50-74(59-80(77)83)68-39-27-62(28-40-68)20-11-8-5-2)57-18-15-24-66-35-47-72(48-36-66)78-54-51-75(60-81(78)84)69-41-29-63(30-42-69)21-12-9-6-3;1-2-3-4-7-21-9-13-23(14-10-21)25-17-18-26(27(29)20-25)24-15-11-22(12-16-24)8-5-6-19-28/h25-54,58-60H,4-24,55-57H2,1-3H3;9-18,20H,2-8,19H2,1H3. The van der Waals surface area contributed by atoms with Gasteiger partial charge in [-0.05, 0) is 282 Å². The molecule has 6 heteroatoms. The predicted octanol–water partition coefficient (Wildman–Crippen LogP) is 32.8. The second kappa shape index (κ2) is 46.7. The first-order valence-electron chi connectivity index (χ1n) is 43.2. The highest BCUT2D eigenvalue weighted by Crippen LogP contribution is 2.41. The Morgan fingerprint density at radius 1 is 0.193 bits per heavy atom. The van der Waals surface area contributed by atoms with Crippen molar-refractivity contribution in [3.8, 4) is 89.0 Å². The van der Waals surface area contributed by atoms with Crippen LogP contribution < -0.4 is 0 Å². The van der Waals surface area contributed by atoms with Crippen molar-refractivity contribution in [3.05, 3.63) is 335 Å². The van der Waals surface area contributed by atoms with Gasteiger partial charge in [-0.15, -0.1) is 7.92 Å². The van der Waals surface area contributed by atoms with Gasteiger partial charge in [0.25, 0.3) is 0 Å². The molecular formula is C108H120BrF4P. The van der Waals surface area contributed by atoms with E-state index in [1.54, 1.807) is 24.3 Å². The first kappa shape index (κ1) is 86.1. The van der Waals surface area contributed by atoms with Crippen LogP contribution in [0, 0.1) is 23.3 Å². The van der Waals surface area contributed by atoms with Crippen molar-refractivity contribution < 1.29 is 17.6 Å². The van der Waals surface area contributed by atoms with Crippen molar-refractivity contribution in [2.75, 3.05) is 23.8 Å². The first-order valence-corrected chi connectivity index (χ1v) is 46.2. The van der Waals surface area contributed by atoms with Gasteiger partial charge in [-0.1, -0.05) is 338 Å². The number of aryl methyl sites for hydroxylation is 8. The van der Waals surface area contributed by atoms with Gasteiger partial charge in [-0.3, -0.25) is 0 Å².